The van der Waals surface area contributed by atoms with Crippen LogP contribution < -0.4 is 15.4 Å². The monoisotopic (exact) mass is 487 g/mol. The number of ether oxygens (including phenoxy) is 1. The standard InChI is InChI=1S/C27H29N5O2S/c1-4-34-24-16-12-21(13-17-24)28-18-25-30-31-27(32(25)23-14-10-19(2)11-15-23)35-20(3)26(33)29-22-8-6-5-7-9-22/h5-17,20,28H,4,18H2,1-3H3,(H,29,33)/t20-/m1/s1. The van der Waals surface area contributed by atoms with Crippen LogP contribution in [0.2, 0.25) is 0 Å². The van der Waals surface area contributed by atoms with Gasteiger partial charge in [0.2, 0.25) is 5.91 Å². The van der Waals surface area contributed by atoms with Gasteiger partial charge in [-0.2, -0.15) is 0 Å². The number of aryl methyl sites for hydroxylation is 1. The number of amides is 1. The smallest absolute Gasteiger partial charge is 0.237 e. The number of rotatable bonds is 10. The summed E-state index contributed by atoms with van der Waals surface area (Å²) in [6, 6.07) is 25.5. The van der Waals surface area contributed by atoms with Crippen LogP contribution in [0.25, 0.3) is 5.69 Å². The van der Waals surface area contributed by atoms with Crippen molar-refractivity contribution in [3.63, 3.8) is 0 Å². The Morgan fingerprint density at radius 1 is 0.971 bits per heavy atom. The second kappa shape index (κ2) is 11.6. The SMILES string of the molecule is CCOc1ccc(NCc2nnc(S[C@H](C)C(=O)Nc3ccccc3)n2-c2ccc(C)cc2)cc1. The molecule has 35 heavy (non-hydrogen) atoms. The van der Waals surface area contributed by atoms with Crippen molar-refractivity contribution in [3.05, 3.63) is 90.3 Å². The minimum Gasteiger partial charge on any atom is -0.494 e. The zero-order chi connectivity index (χ0) is 24.6. The number of anilines is 2. The van der Waals surface area contributed by atoms with Gasteiger partial charge in [-0.05, 0) is 69.3 Å². The average Bonchev–Trinajstić information content (AvgIpc) is 3.27. The first-order valence-corrected chi connectivity index (χ1v) is 12.4. The second-order valence-corrected chi connectivity index (χ2v) is 9.30. The predicted octanol–water partition coefficient (Wildman–Crippen LogP) is 5.71. The second-order valence-electron chi connectivity index (χ2n) is 8.00. The maximum atomic E-state index is 12.8. The van der Waals surface area contributed by atoms with Crippen molar-refractivity contribution in [2.24, 2.45) is 0 Å². The van der Waals surface area contributed by atoms with E-state index in [4.69, 9.17) is 4.74 Å². The molecule has 0 aliphatic heterocycles. The quantitative estimate of drug-likeness (QED) is 0.279. The van der Waals surface area contributed by atoms with Crippen LogP contribution in [0.1, 0.15) is 25.2 Å². The van der Waals surface area contributed by atoms with Crippen LogP contribution in [-0.2, 0) is 11.3 Å². The van der Waals surface area contributed by atoms with E-state index in [1.165, 1.54) is 17.3 Å². The van der Waals surface area contributed by atoms with E-state index in [9.17, 15) is 4.79 Å². The highest BCUT2D eigenvalue weighted by Gasteiger charge is 2.21. The average molecular weight is 488 g/mol. The number of hydrogen-bond donors (Lipinski definition) is 2. The van der Waals surface area contributed by atoms with Gasteiger partial charge in [-0.3, -0.25) is 9.36 Å². The minimum atomic E-state index is -0.365. The van der Waals surface area contributed by atoms with Crippen molar-refractivity contribution in [3.8, 4) is 11.4 Å². The van der Waals surface area contributed by atoms with Crippen LogP contribution in [0, 0.1) is 6.92 Å². The summed E-state index contributed by atoms with van der Waals surface area (Å²) in [4.78, 5) is 12.8. The molecule has 0 fully saturated rings. The maximum absolute atomic E-state index is 12.8. The van der Waals surface area contributed by atoms with Crippen molar-refractivity contribution >= 4 is 29.0 Å². The van der Waals surface area contributed by atoms with E-state index >= 15 is 0 Å². The molecular weight excluding hydrogens is 458 g/mol. The van der Waals surface area contributed by atoms with Crippen LogP contribution in [0.5, 0.6) is 5.75 Å². The van der Waals surface area contributed by atoms with E-state index in [2.05, 4.69) is 39.9 Å². The van der Waals surface area contributed by atoms with Gasteiger partial charge in [0.25, 0.3) is 0 Å². The summed E-state index contributed by atoms with van der Waals surface area (Å²) in [6.07, 6.45) is 0. The van der Waals surface area contributed by atoms with E-state index < -0.39 is 0 Å². The zero-order valence-electron chi connectivity index (χ0n) is 20.1. The third-order valence-electron chi connectivity index (χ3n) is 5.30. The molecule has 0 saturated carbocycles. The van der Waals surface area contributed by atoms with Crippen molar-refractivity contribution in [1.29, 1.82) is 0 Å². The highest BCUT2D eigenvalue weighted by Crippen LogP contribution is 2.27. The summed E-state index contributed by atoms with van der Waals surface area (Å²) >= 11 is 1.38. The van der Waals surface area contributed by atoms with Gasteiger partial charge in [-0.15, -0.1) is 10.2 Å². The number of carbonyl (C=O) groups is 1. The molecule has 1 atom stereocenters. The van der Waals surface area contributed by atoms with E-state index in [-0.39, 0.29) is 11.2 Å². The predicted molar refractivity (Wildman–Crippen MR) is 141 cm³/mol. The fourth-order valence-corrected chi connectivity index (χ4v) is 4.32. The lowest BCUT2D eigenvalue weighted by Crippen LogP contribution is -2.23. The first kappa shape index (κ1) is 24.3. The molecule has 0 spiro atoms. The minimum absolute atomic E-state index is 0.0891. The molecule has 3 aromatic carbocycles. The van der Waals surface area contributed by atoms with Gasteiger partial charge < -0.3 is 15.4 Å². The lowest BCUT2D eigenvalue weighted by atomic mass is 10.2. The highest BCUT2D eigenvalue weighted by atomic mass is 32.2. The Morgan fingerprint density at radius 3 is 2.37 bits per heavy atom. The first-order valence-electron chi connectivity index (χ1n) is 11.5. The lowest BCUT2D eigenvalue weighted by molar-refractivity contribution is -0.115. The number of aromatic nitrogens is 3. The third kappa shape index (κ3) is 6.42. The van der Waals surface area contributed by atoms with Crippen LogP contribution in [0.4, 0.5) is 11.4 Å². The molecule has 4 aromatic rings. The normalized spacial score (nSPS) is 11.6. The molecule has 7 nitrogen and oxygen atoms in total. The Morgan fingerprint density at radius 2 is 1.69 bits per heavy atom. The summed E-state index contributed by atoms with van der Waals surface area (Å²) in [5.74, 6) is 1.50. The molecule has 0 saturated heterocycles. The molecule has 0 radical (unpaired) electrons. The number of nitrogens with one attached hydrogen (secondary N) is 2. The van der Waals surface area contributed by atoms with Crippen LogP contribution in [-0.4, -0.2) is 32.5 Å². The molecule has 4 rings (SSSR count). The summed E-state index contributed by atoms with van der Waals surface area (Å²) in [7, 11) is 0. The summed E-state index contributed by atoms with van der Waals surface area (Å²) < 4.78 is 7.52. The van der Waals surface area contributed by atoms with Gasteiger partial charge in [0.15, 0.2) is 11.0 Å². The molecule has 2 N–H and O–H groups in total. The molecule has 0 bridgehead atoms. The highest BCUT2D eigenvalue weighted by molar-refractivity contribution is 8.00. The van der Waals surface area contributed by atoms with Gasteiger partial charge in [0.1, 0.15) is 5.75 Å². The Kier molecular flexibility index (Phi) is 8.05. The Labute approximate surface area is 209 Å². The van der Waals surface area contributed by atoms with E-state index in [1.807, 2.05) is 85.1 Å². The number of benzene rings is 3. The van der Waals surface area contributed by atoms with Crippen LogP contribution in [0.3, 0.4) is 0 Å². The topological polar surface area (TPSA) is 81.1 Å². The fraction of sp³-hybridized carbons (Fsp3) is 0.222. The molecule has 0 aliphatic rings. The van der Waals surface area contributed by atoms with Gasteiger partial charge in [0, 0.05) is 17.1 Å². The maximum Gasteiger partial charge on any atom is 0.237 e. The number of nitrogens with zero attached hydrogens (tertiary/aromatic N) is 3. The molecule has 180 valence electrons. The molecule has 1 heterocycles. The van der Waals surface area contributed by atoms with E-state index in [1.54, 1.807) is 0 Å². The Hall–Kier alpha value is -3.78. The molecule has 8 heteroatoms. The Balaban J connectivity index is 1.53. The first-order chi connectivity index (χ1) is 17.0. The largest absolute Gasteiger partial charge is 0.494 e. The summed E-state index contributed by atoms with van der Waals surface area (Å²) in [5, 5.41) is 15.5. The van der Waals surface area contributed by atoms with Crippen molar-refractivity contribution in [1.82, 2.24) is 14.8 Å². The van der Waals surface area contributed by atoms with E-state index in [0.29, 0.717) is 18.3 Å². The molecular formula is C27H29N5O2S. The number of hydrogen-bond acceptors (Lipinski definition) is 6. The van der Waals surface area contributed by atoms with Gasteiger partial charge in [-0.25, -0.2) is 0 Å². The number of carbonyl (C=O) groups excluding carboxylic acids is 1. The zero-order valence-corrected chi connectivity index (χ0v) is 20.9. The van der Waals surface area contributed by atoms with Gasteiger partial charge in [0.05, 0.1) is 18.4 Å². The molecule has 0 unspecified atom stereocenters. The van der Waals surface area contributed by atoms with Crippen molar-refractivity contribution in [2.75, 3.05) is 17.2 Å². The summed E-state index contributed by atoms with van der Waals surface area (Å²) in [5.41, 5.74) is 3.84. The number of para-hydroxylation sites is 1. The van der Waals surface area contributed by atoms with Gasteiger partial charge >= 0.3 is 0 Å². The van der Waals surface area contributed by atoms with Gasteiger partial charge in [-0.1, -0.05) is 47.7 Å². The lowest BCUT2D eigenvalue weighted by Gasteiger charge is -2.15. The van der Waals surface area contributed by atoms with E-state index in [0.717, 1.165) is 28.6 Å². The molecule has 0 aliphatic carbocycles. The number of thioether (sulfide) groups is 1. The van der Waals surface area contributed by atoms with Crippen molar-refractivity contribution in [2.45, 2.75) is 37.7 Å². The van der Waals surface area contributed by atoms with Crippen LogP contribution in [0.15, 0.2) is 84.0 Å². The molecule has 1 aromatic heterocycles. The Bertz CT molecular complexity index is 1240. The van der Waals surface area contributed by atoms with Crippen molar-refractivity contribution < 1.29 is 9.53 Å². The fourth-order valence-electron chi connectivity index (χ4n) is 3.44. The molecule has 1 amide bonds. The van der Waals surface area contributed by atoms with Crippen LogP contribution >= 0.6 is 11.8 Å². The third-order valence-corrected chi connectivity index (χ3v) is 6.34. The summed E-state index contributed by atoms with van der Waals surface area (Å²) in [6.45, 7) is 6.99.